The molecule has 1 aromatic carbocycles. The van der Waals surface area contributed by atoms with Gasteiger partial charge in [0.1, 0.15) is 6.10 Å². The largest absolute Gasteiger partial charge is 0.375 e. The second-order valence-corrected chi connectivity index (χ2v) is 7.23. The smallest absolute Gasteiger partial charge is 0.317 e. The Kier molecular flexibility index (Phi) is 4.69. The summed E-state index contributed by atoms with van der Waals surface area (Å²) in [5.41, 5.74) is 1.17. The van der Waals surface area contributed by atoms with Crippen molar-refractivity contribution in [3.8, 4) is 0 Å². The predicted octanol–water partition coefficient (Wildman–Crippen LogP) is 2.99. The lowest BCUT2D eigenvalue weighted by atomic mass is 10.1. The van der Waals surface area contributed by atoms with Crippen molar-refractivity contribution < 1.29 is 14.3 Å². The lowest BCUT2D eigenvalue weighted by molar-refractivity contribution is -0.0849. The maximum atomic E-state index is 12.5. The van der Waals surface area contributed by atoms with E-state index in [1.807, 2.05) is 17.0 Å². The number of hydrogen-bond donors (Lipinski definition) is 1. The Morgan fingerprint density at radius 2 is 2.12 bits per heavy atom. The number of nitrogens with one attached hydrogen (secondary N) is 1. The Morgan fingerprint density at radius 3 is 3.00 bits per heavy atom. The molecule has 0 spiro atoms. The molecule has 128 valence electrons. The fraction of sp³-hybridized carbons (Fsp3) is 0.500. The monoisotopic (exact) mass is 346 g/mol. The predicted molar refractivity (Wildman–Crippen MR) is 94.3 cm³/mol. The molecule has 24 heavy (non-hydrogen) atoms. The van der Waals surface area contributed by atoms with E-state index in [1.54, 1.807) is 11.3 Å². The molecule has 0 saturated carbocycles. The van der Waals surface area contributed by atoms with E-state index in [9.17, 15) is 4.79 Å². The summed E-state index contributed by atoms with van der Waals surface area (Å²) < 4.78 is 12.8. The van der Waals surface area contributed by atoms with Gasteiger partial charge >= 0.3 is 6.03 Å². The first-order valence-corrected chi connectivity index (χ1v) is 9.40. The quantitative estimate of drug-likeness (QED) is 0.929. The third-order valence-corrected chi connectivity index (χ3v) is 5.76. The Hall–Kier alpha value is -1.63. The van der Waals surface area contributed by atoms with Gasteiger partial charge in [0.25, 0.3) is 0 Å². The molecule has 2 aliphatic rings. The zero-order valence-corrected chi connectivity index (χ0v) is 14.4. The summed E-state index contributed by atoms with van der Waals surface area (Å²) >= 11 is 1.72. The summed E-state index contributed by atoms with van der Waals surface area (Å²) in [5, 5.41) is 6.40. The zero-order valence-electron chi connectivity index (χ0n) is 13.6. The third-order valence-electron chi connectivity index (χ3n) is 4.75. The van der Waals surface area contributed by atoms with Gasteiger partial charge in [0.05, 0.1) is 19.3 Å². The van der Waals surface area contributed by atoms with Crippen LogP contribution in [0.4, 0.5) is 4.79 Å². The topological polar surface area (TPSA) is 50.8 Å². The van der Waals surface area contributed by atoms with Crippen LogP contribution in [0, 0.1) is 0 Å². The van der Waals surface area contributed by atoms with Crippen molar-refractivity contribution in [2.75, 3.05) is 26.3 Å². The van der Waals surface area contributed by atoms with Gasteiger partial charge in [-0.15, -0.1) is 11.3 Å². The van der Waals surface area contributed by atoms with E-state index in [-0.39, 0.29) is 18.2 Å². The number of carbonyl (C=O) groups is 1. The molecule has 0 aliphatic carbocycles. The van der Waals surface area contributed by atoms with Crippen LogP contribution in [-0.2, 0) is 16.0 Å². The summed E-state index contributed by atoms with van der Waals surface area (Å²) in [6.45, 7) is 3.20. The van der Waals surface area contributed by atoms with Gasteiger partial charge in [-0.3, -0.25) is 0 Å². The molecule has 2 saturated heterocycles. The van der Waals surface area contributed by atoms with Gasteiger partial charge in [0.15, 0.2) is 0 Å². The molecule has 1 N–H and O–H groups in total. The lowest BCUT2D eigenvalue weighted by Crippen LogP contribution is -2.52. The number of benzene rings is 1. The van der Waals surface area contributed by atoms with Gasteiger partial charge in [0, 0.05) is 24.4 Å². The zero-order chi connectivity index (χ0) is 16.4. The molecule has 4 rings (SSSR count). The van der Waals surface area contributed by atoms with Crippen molar-refractivity contribution in [1.29, 1.82) is 0 Å². The van der Waals surface area contributed by atoms with E-state index < -0.39 is 0 Å². The summed E-state index contributed by atoms with van der Waals surface area (Å²) in [5.74, 6) is 0. The SMILES string of the molecule is O=C(NCc1csc2ccccc12)N1CCO[C@@H]([C@H]2CCCO2)C1. The highest BCUT2D eigenvalue weighted by Crippen LogP contribution is 2.25. The molecular weight excluding hydrogens is 324 g/mol. The molecule has 2 amide bonds. The normalized spacial score (nSPS) is 24.4. The molecule has 0 bridgehead atoms. The summed E-state index contributed by atoms with van der Waals surface area (Å²) in [7, 11) is 0. The van der Waals surface area contributed by atoms with Crippen molar-refractivity contribution >= 4 is 27.5 Å². The maximum Gasteiger partial charge on any atom is 0.317 e. The number of fused-ring (bicyclic) bond motifs is 1. The number of hydrogen-bond acceptors (Lipinski definition) is 4. The molecule has 2 atom stereocenters. The Morgan fingerprint density at radius 1 is 1.25 bits per heavy atom. The van der Waals surface area contributed by atoms with Crippen LogP contribution >= 0.6 is 11.3 Å². The van der Waals surface area contributed by atoms with E-state index >= 15 is 0 Å². The molecule has 2 aliphatic heterocycles. The van der Waals surface area contributed by atoms with Crippen LogP contribution < -0.4 is 5.32 Å². The lowest BCUT2D eigenvalue weighted by Gasteiger charge is -2.35. The molecule has 3 heterocycles. The summed E-state index contributed by atoms with van der Waals surface area (Å²) in [4.78, 5) is 14.4. The first kappa shape index (κ1) is 15.9. The van der Waals surface area contributed by atoms with Crippen LogP contribution in [0.25, 0.3) is 10.1 Å². The molecule has 0 unspecified atom stereocenters. The van der Waals surface area contributed by atoms with Crippen LogP contribution in [0.3, 0.4) is 0 Å². The van der Waals surface area contributed by atoms with Crippen LogP contribution in [0.1, 0.15) is 18.4 Å². The molecule has 2 aromatic rings. The van der Waals surface area contributed by atoms with E-state index in [1.165, 1.54) is 15.6 Å². The van der Waals surface area contributed by atoms with Crippen LogP contribution in [0.2, 0.25) is 0 Å². The first-order valence-electron chi connectivity index (χ1n) is 8.52. The molecular formula is C18H22N2O3S. The van der Waals surface area contributed by atoms with Gasteiger partial charge in [-0.2, -0.15) is 0 Å². The molecule has 2 fully saturated rings. The Bertz CT molecular complexity index is 711. The van der Waals surface area contributed by atoms with Crippen molar-refractivity contribution in [2.45, 2.75) is 31.6 Å². The summed E-state index contributed by atoms with van der Waals surface area (Å²) in [6, 6.07) is 8.28. The number of urea groups is 1. The fourth-order valence-corrected chi connectivity index (χ4v) is 4.40. The minimum Gasteiger partial charge on any atom is -0.375 e. The maximum absolute atomic E-state index is 12.5. The second-order valence-electron chi connectivity index (χ2n) is 6.32. The third kappa shape index (κ3) is 3.27. The number of rotatable bonds is 3. The summed E-state index contributed by atoms with van der Waals surface area (Å²) in [6.07, 6.45) is 2.26. The van der Waals surface area contributed by atoms with E-state index in [4.69, 9.17) is 9.47 Å². The minimum absolute atomic E-state index is 0.00831. The number of morpholine rings is 1. The van der Waals surface area contributed by atoms with Crippen LogP contribution in [0.15, 0.2) is 29.6 Å². The first-order chi connectivity index (χ1) is 11.8. The highest BCUT2D eigenvalue weighted by atomic mass is 32.1. The molecule has 1 aromatic heterocycles. The Balaban J connectivity index is 1.35. The van der Waals surface area contributed by atoms with Gasteiger partial charge in [-0.25, -0.2) is 4.79 Å². The number of amides is 2. The van der Waals surface area contributed by atoms with E-state index in [0.29, 0.717) is 26.2 Å². The molecule has 6 heteroatoms. The molecule has 5 nitrogen and oxygen atoms in total. The number of carbonyl (C=O) groups excluding carboxylic acids is 1. The van der Waals surface area contributed by atoms with E-state index in [2.05, 4.69) is 22.8 Å². The van der Waals surface area contributed by atoms with Gasteiger partial charge < -0.3 is 19.7 Å². The Labute approximate surface area is 145 Å². The second kappa shape index (κ2) is 7.09. The van der Waals surface area contributed by atoms with Gasteiger partial charge in [0.2, 0.25) is 0 Å². The molecule has 0 radical (unpaired) electrons. The van der Waals surface area contributed by atoms with Crippen LogP contribution in [0.5, 0.6) is 0 Å². The van der Waals surface area contributed by atoms with Crippen molar-refractivity contribution in [3.05, 3.63) is 35.2 Å². The van der Waals surface area contributed by atoms with Crippen molar-refractivity contribution in [1.82, 2.24) is 10.2 Å². The highest BCUT2D eigenvalue weighted by Gasteiger charge is 2.32. The van der Waals surface area contributed by atoms with Gasteiger partial charge in [-0.05, 0) is 35.2 Å². The number of thiophene rings is 1. The highest BCUT2D eigenvalue weighted by molar-refractivity contribution is 7.17. The van der Waals surface area contributed by atoms with Crippen molar-refractivity contribution in [2.24, 2.45) is 0 Å². The van der Waals surface area contributed by atoms with E-state index in [0.717, 1.165) is 19.4 Å². The number of ether oxygens (including phenoxy) is 2. The standard InChI is InChI=1S/C18H22N2O3S/c21-18(19-10-13-12-24-17-6-2-1-4-14(13)17)20-7-9-23-16(11-20)15-5-3-8-22-15/h1-2,4,6,12,15-16H,3,5,7-11H2,(H,19,21)/t15-,16-/m1/s1. The van der Waals surface area contributed by atoms with Crippen LogP contribution in [-0.4, -0.2) is 49.4 Å². The number of nitrogens with zero attached hydrogens (tertiary/aromatic N) is 1. The van der Waals surface area contributed by atoms with Gasteiger partial charge in [-0.1, -0.05) is 18.2 Å². The average Bonchev–Trinajstić information content (AvgIpc) is 3.30. The average molecular weight is 346 g/mol. The minimum atomic E-state index is -0.0171. The van der Waals surface area contributed by atoms with Crippen molar-refractivity contribution in [3.63, 3.8) is 0 Å². The fourth-order valence-electron chi connectivity index (χ4n) is 3.43.